The molecule has 140 valence electrons. The average Bonchev–Trinajstić information content (AvgIpc) is 2.98. The van der Waals surface area contributed by atoms with Gasteiger partial charge in [0.25, 0.3) is 0 Å². The molecule has 0 saturated carbocycles. The van der Waals surface area contributed by atoms with Gasteiger partial charge in [0.15, 0.2) is 5.82 Å². The van der Waals surface area contributed by atoms with Gasteiger partial charge in [0.2, 0.25) is 0 Å². The monoisotopic (exact) mass is 383 g/mol. The van der Waals surface area contributed by atoms with Crippen LogP contribution in [0, 0.1) is 5.92 Å². The number of para-hydroxylation sites is 1. The molecule has 3 rings (SSSR count). The molecule has 4 N–H and O–H groups in total. The minimum absolute atomic E-state index is 0.321. The molecule has 0 spiro atoms. The summed E-state index contributed by atoms with van der Waals surface area (Å²) >= 11 is 6.00. The van der Waals surface area contributed by atoms with Gasteiger partial charge in [-0.15, -0.1) is 0 Å². The number of carbonyl (C=O) groups excluding carboxylic acids is 1. The molecule has 0 fully saturated rings. The fraction of sp³-hybridized carbons (Fsp3) is 0.200. The molecule has 0 atom stereocenters. The zero-order valence-electron chi connectivity index (χ0n) is 15.2. The highest BCUT2D eigenvalue weighted by Crippen LogP contribution is 2.34. The van der Waals surface area contributed by atoms with Crippen LogP contribution in [0.2, 0.25) is 5.02 Å². The summed E-state index contributed by atoms with van der Waals surface area (Å²) in [6.07, 6.45) is 0. The lowest BCUT2D eigenvalue weighted by Gasteiger charge is -2.10. The smallest absolute Gasteiger partial charge is 0.319 e. The first-order chi connectivity index (χ1) is 13.0. The van der Waals surface area contributed by atoms with E-state index in [0.29, 0.717) is 34.7 Å². The molecule has 27 heavy (non-hydrogen) atoms. The minimum atomic E-state index is -0.321. The van der Waals surface area contributed by atoms with Gasteiger partial charge in [-0.05, 0) is 30.2 Å². The highest BCUT2D eigenvalue weighted by molar-refractivity contribution is 6.30. The number of anilines is 2. The predicted octanol–water partition coefficient (Wildman–Crippen LogP) is 4.55. The lowest BCUT2D eigenvalue weighted by molar-refractivity contribution is 0.251. The highest BCUT2D eigenvalue weighted by Gasteiger charge is 2.20. The van der Waals surface area contributed by atoms with Crippen LogP contribution < -0.4 is 16.4 Å². The number of hydrogen-bond acceptors (Lipinski definition) is 3. The SMILES string of the molecule is CC(C)CNC(=O)Nc1c(-c2ccc(Cl)cc2)nn(-c2ccccc2)c1N. The summed E-state index contributed by atoms with van der Waals surface area (Å²) in [6.45, 7) is 4.62. The van der Waals surface area contributed by atoms with Gasteiger partial charge in [-0.1, -0.05) is 55.8 Å². The first-order valence-electron chi connectivity index (χ1n) is 8.70. The molecule has 6 nitrogen and oxygen atoms in total. The largest absolute Gasteiger partial charge is 0.382 e. The van der Waals surface area contributed by atoms with Crippen LogP contribution in [0.3, 0.4) is 0 Å². The molecule has 0 aliphatic heterocycles. The Bertz CT molecular complexity index is 920. The molecular formula is C20H22ClN5O. The van der Waals surface area contributed by atoms with E-state index in [1.54, 1.807) is 16.8 Å². The lowest BCUT2D eigenvalue weighted by atomic mass is 10.1. The Kier molecular flexibility index (Phi) is 5.66. The van der Waals surface area contributed by atoms with Crippen molar-refractivity contribution in [2.45, 2.75) is 13.8 Å². The Balaban J connectivity index is 2.02. The van der Waals surface area contributed by atoms with Crippen molar-refractivity contribution >= 4 is 29.1 Å². The zero-order valence-corrected chi connectivity index (χ0v) is 16.0. The second-order valence-corrected chi connectivity index (χ2v) is 7.03. The van der Waals surface area contributed by atoms with Crippen molar-refractivity contribution in [2.24, 2.45) is 5.92 Å². The van der Waals surface area contributed by atoms with E-state index in [0.717, 1.165) is 11.3 Å². The van der Waals surface area contributed by atoms with E-state index in [1.165, 1.54) is 0 Å². The molecular weight excluding hydrogens is 362 g/mol. The van der Waals surface area contributed by atoms with Crippen molar-refractivity contribution < 1.29 is 4.79 Å². The Morgan fingerprint density at radius 2 is 1.81 bits per heavy atom. The van der Waals surface area contributed by atoms with E-state index in [4.69, 9.17) is 17.3 Å². The first-order valence-corrected chi connectivity index (χ1v) is 9.08. The van der Waals surface area contributed by atoms with Crippen molar-refractivity contribution in [1.82, 2.24) is 15.1 Å². The number of hydrogen-bond donors (Lipinski definition) is 3. The van der Waals surface area contributed by atoms with E-state index in [-0.39, 0.29) is 6.03 Å². The van der Waals surface area contributed by atoms with Crippen LogP contribution in [0.5, 0.6) is 0 Å². The molecule has 2 amide bonds. The van der Waals surface area contributed by atoms with Gasteiger partial charge in [0.1, 0.15) is 11.4 Å². The van der Waals surface area contributed by atoms with E-state index >= 15 is 0 Å². The third-order valence-electron chi connectivity index (χ3n) is 3.95. The molecule has 2 aromatic carbocycles. The number of rotatable bonds is 5. The Hall–Kier alpha value is -2.99. The normalized spacial score (nSPS) is 10.8. The fourth-order valence-electron chi connectivity index (χ4n) is 2.58. The fourth-order valence-corrected chi connectivity index (χ4v) is 2.71. The van der Waals surface area contributed by atoms with Crippen LogP contribution in [0.4, 0.5) is 16.3 Å². The molecule has 7 heteroatoms. The second-order valence-electron chi connectivity index (χ2n) is 6.59. The Morgan fingerprint density at radius 3 is 2.44 bits per heavy atom. The summed E-state index contributed by atoms with van der Waals surface area (Å²) in [5, 5.41) is 10.9. The summed E-state index contributed by atoms with van der Waals surface area (Å²) in [5.74, 6) is 0.696. The maximum Gasteiger partial charge on any atom is 0.319 e. The molecule has 1 aromatic heterocycles. The minimum Gasteiger partial charge on any atom is -0.382 e. The van der Waals surface area contributed by atoms with Crippen LogP contribution in [0.15, 0.2) is 54.6 Å². The van der Waals surface area contributed by atoms with Crippen molar-refractivity contribution in [1.29, 1.82) is 0 Å². The van der Waals surface area contributed by atoms with Crippen LogP contribution in [0.1, 0.15) is 13.8 Å². The maximum atomic E-state index is 12.3. The van der Waals surface area contributed by atoms with Gasteiger partial charge in [0.05, 0.1) is 5.69 Å². The first kappa shape index (κ1) is 18.8. The molecule has 0 aliphatic rings. The van der Waals surface area contributed by atoms with Crippen molar-refractivity contribution in [3.8, 4) is 16.9 Å². The molecule has 0 radical (unpaired) electrons. The second kappa shape index (κ2) is 8.14. The average molecular weight is 384 g/mol. The van der Waals surface area contributed by atoms with Gasteiger partial charge < -0.3 is 16.4 Å². The molecule has 1 heterocycles. The number of nitrogens with zero attached hydrogens (tertiary/aromatic N) is 2. The van der Waals surface area contributed by atoms with E-state index in [1.807, 2.05) is 56.3 Å². The standard InChI is InChI=1S/C20H22ClN5O/c1-13(2)12-23-20(27)24-18-17(14-8-10-15(21)11-9-14)25-26(19(18)22)16-6-4-3-5-7-16/h3-11,13H,12,22H2,1-2H3,(H2,23,24,27). The summed E-state index contributed by atoms with van der Waals surface area (Å²) in [6, 6.07) is 16.4. The van der Waals surface area contributed by atoms with E-state index in [2.05, 4.69) is 15.7 Å². The summed E-state index contributed by atoms with van der Waals surface area (Å²) < 4.78 is 1.61. The molecule has 0 saturated heterocycles. The van der Waals surface area contributed by atoms with Crippen molar-refractivity contribution in [2.75, 3.05) is 17.6 Å². The van der Waals surface area contributed by atoms with Gasteiger partial charge in [-0.2, -0.15) is 5.10 Å². The summed E-state index contributed by atoms with van der Waals surface area (Å²) in [7, 11) is 0. The number of urea groups is 1. The van der Waals surface area contributed by atoms with Crippen molar-refractivity contribution in [3.05, 3.63) is 59.6 Å². The number of aromatic nitrogens is 2. The predicted molar refractivity (Wildman–Crippen MR) is 110 cm³/mol. The number of carbonyl (C=O) groups is 1. The van der Waals surface area contributed by atoms with Crippen molar-refractivity contribution in [3.63, 3.8) is 0 Å². The number of nitrogens with two attached hydrogens (primary N) is 1. The van der Waals surface area contributed by atoms with Gasteiger partial charge in [-0.3, -0.25) is 0 Å². The number of halogens is 1. The third kappa shape index (κ3) is 4.41. The van der Waals surface area contributed by atoms with Gasteiger partial charge >= 0.3 is 6.03 Å². The highest BCUT2D eigenvalue weighted by atomic mass is 35.5. The van der Waals surface area contributed by atoms with E-state index < -0.39 is 0 Å². The van der Waals surface area contributed by atoms with Gasteiger partial charge in [-0.25, -0.2) is 9.48 Å². The third-order valence-corrected chi connectivity index (χ3v) is 4.20. The number of nitrogen functional groups attached to an aromatic ring is 1. The molecule has 0 aliphatic carbocycles. The molecule has 3 aromatic rings. The number of amides is 2. The number of benzene rings is 2. The molecule has 0 bridgehead atoms. The summed E-state index contributed by atoms with van der Waals surface area (Å²) in [4.78, 5) is 12.3. The van der Waals surface area contributed by atoms with Gasteiger partial charge in [0, 0.05) is 17.1 Å². The van der Waals surface area contributed by atoms with Crippen LogP contribution in [-0.2, 0) is 0 Å². The lowest BCUT2D eigenvalue weighted by Crippen LogP contribution is -2.32. The Labute approximate surface area is 163 Å². The van der Waals surface area contributed by atoms with E-state index in [9.17, 15) is 4.79 Å². The topological polar surface area (TPSA) is 85.0 Å². The van der Waals surface area contributed by atoms with Crippen LogP contribution >= 0.6 is 11.6 Å². The number of nitrogens with one attached hydrogen (secondary N) is 2. The summed E-state index contributed by atoms with van der Waals surface area (Å²) in [5.41, 5.74) is 8.99. The quantitative estimate of drug-likeness (QED) is 0.604. The maximum absolute atomic E-state index is 12.3. The van der Waals surface area contributed by atoms with Crippen LogP contribution in [0.25, 0.3) is 16.9 Å². The Morgan fingerprint density at radius 1 is 1.15 bits per heavy atom. The van der Waals surface area contributed by atoms with Crippen LogP contribution in [-0.4, -0.2) is 22.4 Å². The molecule has 0 unspecified atom stereocenters. The zero-order chi connectivity index (χ0) is 19.4.